The second-order valence-electron chi connectivity index (χ2n) is 2.68. The van der Waals surface area contributed by atoms with Gasteiger partial charge in [-0.05, 0) is 45.7 Å². The molecule has 0 fully saturated rings. The molecule has 0 radical (unpaired) electrons. The second-order valence-corrected chi connectivity index (χ2v) is 5.46. The third kappa shape index (κ3) is 4.83. The summed E-state index contributed by atoms with van der Waals surface area (Å²) in [5.41, 5.74) is 0.679. The Morgan fingerprint density at radius 3 is 2.75 bits per heavy atom. The van der Waals surface area contributed by atoms with Crippen molar-refractivity contribution >= 4 is 43.3 Å². The summed E-state index contributed by atoms with van der Waals surface area (Å²) in [7, 11) is 8.09. The van der Waals surface area contributed by atoms with Crippen LogP contribution in [-0.2, 0) is 4.74 Å². The zero-order chi connectivity index (χ0) is 11.8. The Morgan fingerprint density at radius 1 is 1.50 bits per heavy atom. The van der Waals surface area contributed by atoms with Gasteiger partial charge in [0.2, 0.25) is 0 Å². The Morgan fingerprint density at radius 2 is 2.19 bits per heavy atom. The highest BCUT2D eigenvalue weighted by atomic mass is 35.7. The predicted octanol–water partition coefficient (Wildman–Crippen LogP) is 4.32. The number of carbonyl (C=O) groups is 1. The molecule has 3 nitrogen and oxygen atoms in total. The van der Waals surface area contributed by atoms with Crippen molar-refractivity contribution in [3.05, 3.63) is 36.9 Å². The summed E-state index contributed by atoms with van der Waals surface area (Å²) >= 11 is 0. The SMILES string of the molecule is C=CCOC(=O)Nc1ccc(SSCl)cc1. The van der Waals surface area contributed by atoms with E-state index in [2.05, 4.69) is 11.9 Å². The Labute approximate surface area is 106 Å². The van der Waals surface area contributed by atoms with Crippen molar-refractivity contribution in [1.82, 2.24) is 0 Å². The Hall–Kier alpha value is -0.780. The van der Waals surface area contributed by atoms with E-state index in [0.29, 0.717) is 5.69 Å². The van der Waals surface area contributed by atoms with Gasteiger partial charge in [0.25, 0.3) is 0 Å². The van der Waals surface area contributed by atoms with Crippen molar-refractivity contribution < 1.29 is 9.53 Å². The van der Waals surface area contributed by atoms with Crippen molar-refractivity contribution in [3.8, 4) is 0 Å². The standard InChI is InChI=1S/C10H10ClNO2S2/c1-2-7-14-10(13)12-8-3-5-9(6-4-8)15-16-11/h2-6H,1,7H2,(H,12,13). The van der Waals surface area contributed by atoms with Gasteiger partial charge in [0.05, 0.1) is 0 Å². The van der Waals surface area contributed by atoms with E-state index >= 15 is 0 Å². The van der Waals surface area contributed by atoms with Gasteiger partial charge in [-0.15, -0.1) is 0 Å². The van der Waals surface area contributed by atoms with E-state index in [1.54, 1.807) is 12.1 Å². The van der Waals surface area contributed by atoms with Gasteiger partial charge < -0.3 is 4.74 Å². The number of carbonyl (C=O) groups excluding carboxylic acids is 1. The summed E-state index contributed by atoms with van der Waals surface area (Å²) in [6.45, 7) is 3.65. The first-order valence-corrected chi connectivity index (χ1v) is 7.34. The molecule has 86 valence electrons. The number of nitrogens with one attached hydrogen (secondary N) is 1. The Kier molecular flexibility index (Phi) is 6.22. The number of rotatable bonds is 5. The smallest absolute Gasteiger partial charge is 0.411 e. The van der Waals surface area contributed by atoms with Crippen molar-refractivity contribution in [2.24, 2.45) is 0 Å². The van der Waals surface area contributed by atoms with Crippen LogP contribution in [0.25, 0.3) is 0 Å². The average Bonchev–Trinajstić information content (AvgIpc) is 2.29. The van der Waals surface area contributed by atoms with Gasteiger partial charge >= 0.3 is 6.09 Å². The van der Waals surface area contributed by atoms with E-state index in [1.165, 1.54) is 16.9 Å². The predicted molar refractivity (Wildman–Crippen MR) is 70.9 cm³/mol. The second kappa shape index (κ2) is 7.49. The molecule has 0 heterocycles. The van der Waals surface area contributed by atoms with Crippen molar-refractivity contribution in [1.29, 1.82) is 0 Å². The van der Waals surface area contributed by atoms with Crippen LogP contribution in [0.2, 0.25) is 0 Å². The van der Waals surface area contributed by atoms with Crippen LogP contribution in [0.4, 0.5) is 10.5 Å². The maximum Gasteiger partial charge on any atom is 0.411 e. The zero-order valence-corrected chi connectivity index (χ0v) is 10.7. The third-order valence-electron chi connectivity index (χ3n) is 1.56. The lowest BCUT2D eigenvalue weighted by molar-refractivity contribution is 0.174. The van der Waals surface area contributed by atoms with Crippen LogP contribution in [0.5, 0.6) is 0 Å². The van der Waals surface area contributed by atoms with E-state index in [9.17, 15) is 4.79 Å². The van der Waals surface area contributed by atoms with Gasteiger partial charge in [0.1, 0.15) is 6.61 Å². The molecular formula is C10H10ClNO2S2. The molecule has 6 heteroatoms. The molecule has 0 aliphatic carbocycles. The maximum atomic E-state index is 11.2. The van der Waals surface area contributed by atoms with Gasteiger partial charge in [-0.3, -0.25) is 5.32 Å². The van der Waals surface area contributed by atoms with Gasteiger partial charge in [-0.25, -0.2) is 4.79 Å². The summed E-state index contributed by atoms with van der Waals surface area (Å²) in [5, 5.41) is 2.59. The lowest BCUT2D eigenvalue weighted by atomic mass is 10.3. The Bertz CT molecular complexity index is 356. The van der Waals surface area contributed by atoms with Gasteiger partial charge in [-0.2, -0.15) is 0 Å². The van der Waals surface area contributed by atoms with E-state index < -0.39 is 6.09 Å². The minimum Gasteiger partial charge on any atom is -0.445 e. The van der Waals surface area contributed by atoms with E-state index in [0.717, 1.165) is 14.9 Å². The minimum atomic E-state index is -0.493. The van der Waals surface area contributed by atoms with Gasteiger partial charge in [0.15, 0.2) is 0 Å². The van der Waals surface area contributed by atoms with E-state index in [1.807, 2.05) is 12.1 Å². The number of halogens is 1. The number of hydrogen-bond acceptors (Lipinski definition) is 4. The third-order valence-corrected chi connectivity index (χ3v) is 3.42. The number of anilines is 1. The van der Waals surface area contributed by atoms with Crippen molar-refractivity contribution in [3.63, 3.8) is 0 Å². The molecule has 0 aliphatic heterocycles. The molecule has 0 aliphatic rings. The average molecular weight is 276 g/mol. The number of amides is 1. The van der Waals surface area contributed by atoms with E-state index in [-0.39, 0.29) is 6.61 Å². The lowest BCUT2D eigenvalue weighted by Gasteiger charge is -2.05. The highest BCUT2D eigenvalue weighted by Crippen LogP contribution is 2.34. The Balaban J connectivity index is 2.48. The number of hydrogen-bond donors (Lipinski definition) is 1. The quantitative estimate of drug-likeness (QED) is 0.642. The zero-order valence-electron chi connectivity index (χ0n) is 8.31. The van der Waals surface area contributed by atoms with Gasteiger partial charge in [0, 0.05) is 20.6 Å². The van der Waals surface area contributed by atoms with Crippen LogP contribution in [0.15, 0.2) is 41.8 Å². The fourth-order valence-electron chi connectivity index (χ4n) is 0.919. The van der Waals surface area contributed by atoms with Crippen LogP contribution >= 0.6 is 31.5 Å². The molecule has 1 amide bonds. The first kappa shape index (κ1) is 13.3. The number of benzene rings is 1. The van der Waals surface area contributed by atoms with Crippen LogP contribution in [-0.4, -0.2) is 12.7 Å². The fourth-order valence-corrected chi connectivity index (χ4v) is 2.44. The van der Waals surface area contributed by atoms with Crippen LogP contribution in [0.3, 0.4) is 0 Å². The lowest BCUT2D eigenvalue weighted by Crippen LogP contribution is -2.13. The van der Waals surface area contributed by atoms with Crippen molar-refractivity contribution in [2.45, 2.75) is 4.90 Å². The van der Waals surface area contributed by atoms with Crippen LogP contribution < -0.4 is 5.32 Å². The first-order valence-electron chi connectivity index (χ1n) is 4.36. The molecule has 0 saturated heterocycles. The highest BCUT2D eigenvalue weighted by Gasteiger charge is 2.01. The van der Waals surface area contributed by atoms with E-state index in [4.69, 9.17) is 15.4 Å². The molecule has 16 heavy (non-hydrogen) atoms. The molecule has 0 bridgehead atoms. The maximum absolute atomic E-state index is 11.2. The first-order chi connectivity index (χ1) is 7.76. The fraction of sp³-hybridized carbons (Fsp3) is 0.100. The molecule has 0 atom stereocenters. The molecule has 1 aromatic carbocycles. The summed E-state index contributed by atoms with van der Waals surface area (Å²) < 4.78 is 4.77. The summed E-state index contributed by atoms with van der Waals surface area (Å²) in [6, 6.07) is 7.29. The molecule has 1 aromatic rings. The molecule has 1 rings (SSSR count). The topological polar surface area (TPSA) is 38.3 Å². The summed E-state index contributed by atoms with van der Waals surface area (Å²) in [5.74, 6) is 0. The normalized spacial score (nSPS) is 9.56. The minimum absolute atomic E-state index is 0.197. The summed E-state index contributed by atoms with van der Waals surface area (Å²) in [6.07, 6.45) is 1.02. The molecule has 0 saturated carbocycles. The largest absolute Gasteiger partial charge is 0.445 e. The number of ether oxygens (including phenoxy) is 1. The van der Waals surface area contributed by atoms with Crippen molar-refractivity contribution in [2.75, 3.05) is 11.9 Å². The van der Waals surface area contributed by atoms with Crippen LogP contribution in [0.1, 0.15) is 0 Å². The molecule has 0 unspecified atom stereocenters. The van der Waals surface area contributed by atoms with Gasteiger partial charge in [-0.1, -0.05) is 12.7 Å². The molecule has 0 spiro atoms. The highest BCUT2D eigenvalue weighted by molar-refractivity contribution is 8.85. The molecule has 0 aromatic heterocycles. The summed E-state index contributed by atoms with van der Waals surface area (Å²) in [4.78, 5) is 12.2. The molecular weight excluding hydrogens is 266 g/mol. The van der Waals surface area contributed by atoms with Crippen LogP contribution in [0, 0.1) is 0 Å². The monoisotopic (exact) mass is 275 g/mol. The molecule has 1 N–H and O–H groups in total.